The molecule has 1 fully saturated rings. The highest BCUT2D eigenvalue weighted by molar-refractivity contribution is 6.09. The minimum atomic E-state index is -5.16. The third-order valence-electron chi connectivity index (χ3n) is 4.32. The molecule has 11 nitrogen and oxygen atoms in total. The molecule has 14 heteroatoms. The van der Waals surface area contributed by atoms with Crippen LogP contribution in [0.1, 0.15) is 32.8 Å². The fraction of sp³-hybridized carbons (Fsp3) is 0.529. The number of halogens is 3. The van der Waals surface area contributed by atoms with Crippen molar-refractivity contribution in [3.05, 3.63) is 17.8 Å². The van der Waals surface area contributed by atoms with Crippen molar-refractivity contribution in [1.82, 2.24) is 15.1 Å². The Kier molecular flexibility index (Phi) is 6.15. The number of imide groups is 1. The quantitative estimate of drug-likeness (QED) is 0.587. The highest BCUT2D eigenvalue weighted by Gasteiger charge is 2.65. The van der Waals surface area contributed by atoms with Crippen molar-refractivity contribution in [2.45, 2.75) is 51.4 Å². The fourth-order valence-electron chi connectivity index (χ4n) is 3.09. The maximum Gasteiger partial charge on any atom is 0.414 e. The number of carbonyl (C=O) groups excluding carboxylic acids is 2. The van der Waals surface area contributed by atoms with Gasteiger partial charge in [0.25, 0.3) is 0 Å². The van der Waals surface area contributed by atoms with E-state index in [-0.39, 0.29) is 11.4 Å². The van der Waals surface area contributed by atoms with E-state index >= 15 is 0 Å². The summed E-state index contributed by atoms with van der Waals surface area (Å²) < 4.78 is 44.9. The minimum absolute atomic E-state index is 0.0648. The second-order valence-electron chi connectivity index (χ2n) is 7.86. The van der Waals surface area contributed by atoms with Gasteiger partial charge < -0.3 is 14.9 Å². The standard InChI is InChI=1S/C17H19F3N4O7/c1-15(2,3)31-13(28)22-10-4-8(7-21-23-10)5-16(12(26)27)6-9(17(18,19)20)24(11(16)25)14(29)30/h4,7,9H,5-6H2,1-3H3,(H,26,27)(H,29,30)(H,22,23,28)/t9-,16?/m0/s1. The van der Waals surface area contributed by atoms with Crippen molar-refractivity contribution < 1.29 is 47.3 Å². The molecule has 2 atom stereocenters. The van der Waals surface area contributed by atoms with Crippen LogP contribution in [0, 0.1) is 5.41 Å². The molecule has 31 heavy (non-hydrogen) atoms. The van der Waals surface area contributed by atoms with Crippen molar-refractivity contribution in [2.24, 2.45) is 5.41 Å². The van der Waals surface area contributed by atoms with Crippen LogP contribution in [0.5, 0.6) is 0 Å². The monoisotopic (exact) mass is 448 g/mol. The van der Waals surface area contributed by atoms with Gasteiger partial charge in [-0.1, -0.05) is 0 Å². The maximum atomic E-state index is 13.3. The minimum Gasteiger partial charge on any atom is -0.480 e. The summed E-state index contributed by atoms with van der Waals surface area (Å²) in [6.45, 7) is 4.80. The van der Waals surface area contributed by atoms with E-state index in [1.54, 1.807) is 20.8 Å². The number of nitrogens with one attached hydrogen (secondary N) is 1. The maximum absolute atomic E-state index is 13.3. The van der Waals surface area contributed by atoms with E-state index in [2.05, 4.69) is 15.5 Å². The van der Waals surface area contributed by atoms with Gasteiger partial charge in [0.2, 0.25) is 5.91 Å². The van der Waals surface area contributed by atoms with Gasteiger partial charge >= 0.3 is 24.3 Å². The van der Waals surface area contributed by atoms with E-state index in [0.717, 1.165) is 12.3 Å². The van der Waals surface area contributed by atoms with Crippen LogP contribution in [0.25, 0.3) is 0 Å². The predicted octanol–water partition coefficient (Wildman–Crippen LogP) is 2.28. The molecule has 3 N–H and O–H groups in total. The molecule has 0 saturated carbocycles. The van der Waals surface area contributed by atoms with Crippen molar-refractivity contribution in [2.75, 3.05) is 5.32 Å². The number of hydrogen-bond donors (Lipinski definition) is 3. The average molecular weight is 448 g/mol. The molecular formula is C17H19F3N4O7. The number of likely N-dealkylation sites (tertiary alicyclic amines) is 1. The largest absolute Gasteiger partial charge is 0.480 e. The summed E-state index contributed by atoms with van der Waals surface area (Å²) in [7, 11) is 0. The number of aromatic nitrogens is 2. The molecule has 1 aliphatic heterocycles. The molecule has 0 aromatic carbocycles. The smallest absolute Gasteiger partial charge is 0.414 e. The van der Waals surface area contributed by atoms with Crippen LogP contribution < -0.4 is 5.32 Å². The molecule has 1 unspecified atom stereocenters. The SMILES string of the molecule is CC(C)(C)OC(=O)Nc1cc(CC2(C(=O)O)C[C@@H](C(F)(F)F)N(C(=O)O)C2=O)cnn1. The van der Waals surface area contributed by atoms with Crippen molar-refractivity contribution in [1.29, 1.82) is 0 Å². The van der Waals surface area contributed by atoms with Crippen LogP contribution >= 0.6 is 0 Å². The third kappa shape index (κ3) is 5.19. The van der Waals surface area contributed by atoms with Gasteiger partial charge in [0.15, 0.2) is 11.2 Å². The Labute approximate surface area is 173 Å². The molecule has 170 valence electrons. The number of rotatable bonds is 4. The van der Waals surface area contributed by atoms with Crippen LogP contribution in [0.15, 0.2) is 12.3 Å². The molecule has 0 radical (unpaired) electrons. The first-order valence-electron chi connectivity index (χ1n) is 8.75. The Hall–Kier alpha value is -3.45. The third-order valence-corrected chi connectivity index (χ3v) is 4.32. The molecule has 3 amide bonds. The Bertz CT molecular complexity index is 916. The number of hydrogen-bond acceptors (Lipinski definition) is 7. The lowest BCUT2D eigenvalue weighted by Gasteiger charge is -2.22. The lowest BCUT2D eigenvalue weighted by molar-refractivity contribution is -0.175. The van der Waals surface area contributed by atoms with E-state index in [1.165, 1.54) is 0 Å². The summed E-state index contributed by atoms with van der Waals surface area (Å²) in [6.07, 6.45) is -9.42. The van der Waals surface area contributed by atoms with E-state index in [1.807, 2.05) is 0 Å². The summed E-state index contributed by atoms with van der Waals surface area (Å²) in [4.78, 5) is 47.0. The van der Waals surface area contributed by atoms with Gasteiger partial charge in [-0.3, -0.25) is 14.9 Å². The van der Waals surface area contributed by atoms with Gasteiger partial charge in [0.05, 0.1) is 6.20 Å². The molecule has 0 bridgehead atoms. The number of carbonyl (C=O) groups is 4. The Morgan fingerprint density at radius 1 is 1.29 bits per heavy atom. The zero-order valence-electron chi connectivity index (χ0n) is 16.6. The van der Waals surface area contributed by atoms with Crippen LogP contribution in [-0.2, 0) is 20.7 Å². The van der Waals surface area contributed by atoms with Gasteiger partial charge in [-0.2, -0.15) is 18.3 Å². The Morgan fingerprint density at radius 2 is 1.90 bits per heavy atom. The Morgan fingerprint density at radius 3 is 2.35 bits per heavy atom. The van der Waals surface area contributed by atoms with Crippen molar-refractivity contribution in [3.63, 3.8) is 0 Å². The topological polar surface area (TPSA) is 159 Å². The molecule has 2 rings (SSSR count). The number of nitrogens with zero attached hydrogens (tertiary/aromatic N) is 3. The lowest BCUT2D eigenvalue weighted by atomic mass is 9.79. The first-order valence-corrected chi connectivity index (χ1v) is 8.75. The second-order valence-corrected chi connectivity index (χ2v) is 7.86. The number of carboxylic acid groups (broad SMARTS) is 2. The summed E-state index contributed by atoms with van der Waals surface area (Å²) in [5.41, 5.74) is -3.61. The predicted molar refractivity (Wildman–Crippen MR) is 95.0 cm³/mol. The van der Waals surface area contributed by atoms with Crippen LogP contribution in [0.3, 0.4) is 0 Å². The molecule has 1 aliphatic rings. The molecule has 0 spiro atoms. The van der Waals surface area contributed by atoms with E-state index in [4.69, 9.17) is 9.84 Å². The highest BCUT2D eigenvalue weighted by Crippen LogP contribution is 2.45. The number of ether oxygens (including phenoxy) is 1. The normalized spacial score (nSPS) is 21.7. The number of alkyl halides is 3. The molecule has 1 aromatic heterocycles. The van der Waals surface area contributed by atoms with Gasteiger partial charge in [-0.25, -0.2) is 14.5 Å². The first kappa shape index (κ1) is 23.8. The summed E-state index contributed by atoms with van der Waals surface area (Å²) in [5, 5.41) is 28.0. The summed E-state index contributed by atoms with van der Waals surface area (Å²) in [6, 6.07) is -1.72. The average Bonchev–Trinajstić information content (AvgIpc) is 2.87. The van der Waals surface area contributed by atoms with Crippen LogP contribution in [-0.4, -0.2) is 67.2 Å². The van der Waals surface area contributed by atoms with E-state index in [9.17, 15) is 37.5 Å². The highest BCUT2D eigenvalue weighted by atomic mass is 19.4. The zero-order valence-corrected chi connectivity index (χ0v) is 16.6. The van der Waals surface area contributed by atoms with Crippen molar-refractivity contribution >= 4 is 29.9 Å². The van der Waals surface area contributed by atoms with E-state index in [0.29, 0.717) is 0 Å². The number of carboxylic acids is 1. The van der Waals surface area contributed by atoms with E-state index < -0.39 is 65.0 Å². The molecule has 1 aromatic rings. The Balaban J connectivity index is 2.36. The fourth-order valence-corrected chi connectivity index (χ4v) is 3.09. The number of amides is 3. The van der Waals surface area contributed by atoms with Crippen LogP contribution in [0.2, 0.25) is 0 Å². The summed E-state index contributed by atoms with van der Waals surface area (Å²) >= 11 is 0. The van der Waals surface area contributed by atoms with Gasteiger partial charge in [-0.15, -0.1) is 5.10 Å². The summed E-state index contributed by atoms with van der Waals surface area (Å²) in [5.74, 6) is -3.84. The zero-order chi connectivity index (χ0) is 23.8. The first-order chi connectivity index (χ1) is 14.1. The second kappa shape index (κ2) is 8.00. The number of anilines is 1. The van der Waals surface area contributed by atoms with Crippen molar-refractivity contribution in [3.8, 4) is 0 Å². The van der Waals surface area contributed by atoms with Gasteiger partial charge in [0, 0.05) is 6.42 Å². The molecular weight excluding hydrogens is 429 g/mol. The lowest BCUT2D eigenvalue weighted by Crippen LogP contribution is -2.47. The van der Waals surface area contributed by atoms with Crippen LogP contribution in [0.4, 0.5) is 28.6 Å². The molecule has 0 aliphatic carbocycles. The molecule has 1 saturated heterocycles. The molecule has 2 heterocycles. The van der Waals surface area contributed by atoms with Gasteiger partial charge in [-0.05, 0) is 38.8 Å². The number of aliphatic carboxylic acids is 1. The van der Waals surface area contributed by atoms with Gasteiger partial charge in [0.1, 0.15) is 11.6 Å².